The number of hydrogen-bond acceptors (Lipinski definition) is 2. The molecule has 0 radical (unpaired) electrons. The summed E-state index contributed by atoms with van der Waals surface area (Å²) in [6.07, 6.45) is 4.55. The van der Waals surface area contributed by atoms with Gasteiger partial charge in [-0.05, 0) is 17.7 Å². The Morgan fingerprint density at radius 2 is 2.07 bits per heavy atom. The Labute approximate surface area is 83.3 Å². The van der Waals surface area contributed by atoms with Crippen molar-refractivity contribution >= 4 is 18.1 Å². The summed E-state index contributed by atoms with van der Waals surface area (Å²) in [4.78, 5) is 21.4. The van der Waals surface area contributed by atoms with Gasteiger partial charge in [0.1, 0.15) is 6.29 Å². The molecular weight excluding hydrogens is 176 g/mol. The normalized spacial score (nSPS) is 10.4. The number of aldehydes is 1. The highest BCUT2D eigenvalue weighted by atomic mass is 16.1. The Hall–Kier alpha value is -1.70. The van der Waals surface area contributed by atoms with E-state index in [4.69, 9.17) is 0 Å². The molecule has 1 rings (SSSR count). The van der Waals surface area contributed by atoms with Crippen LogP contribution in [0.1, 0.15) is 29.3 Å². The van der Waals surface area contributed by atoms with Crippen LogP contribution in [0.2, 0.25) is 0 Å². The molecule has 14 heavy (non-hydrogen) atoms. The topological polar surface area (TPSA) is 34.1 Å². The Bertz CT molecular complexity index is 364. The van der Waals surface area contributed by atoms with Crippen molar-refractivity contribution in [3.63, 3.8) is 0 Å². The first kappa shape index (κ1) is 10.4. The smallest absolute Gasteiger partial charge is 0.155 e. The van der Waals surface area contributed by atoms with E-state index in [1.54, 1.807) is 24.3 Å². The van der Waals surface area contributed by atoms with Gasteiger partial charge in [-0.25, -0.2) is 0 Å². The maximum absolute atomic E-state index is 11.0. The molecule has 0 unspecified atom stereocenters. The molecule has 72 valence electrons. The van der Waals surface area contributed by atoms with Crippen LogP contribution in [0.3, 0.4) is 0 Å². The molecule has 1 aromatic carbocycles. The van der Waals surface area contributed by atoms with Gasteiger partial charge in [-0.15, -0.1) is 0 Å². The van der Waals surface area contributed by atoms with Gasteiger partial charge >= 0.3 is 0 Å². The summed E-state index contributed by atoms with van der Waals surface area (Å²) in [7, 11) is 0. The second-order valence-corrected chi connectivity index (χ2v) is 2.94. The standard InChI is InChI=1S/C12H12O2/c1-2-12(14)7-6-10-4-3-5-11(8-10)9-13/h3-9H,2H2,1H3/b7-6+. The van der Waals surface area contributed by atoms with E-state index in [0.29, 0.717) is 12.0 Å². The van der Waals surface area contributed by atoms with Gasteiger partial charge in [-0.1, -0.05) is 31.2 Å². The quantitative estimate of drug-likeness (QED) is 0.537. The highest BCUT2D eigenvalue weighted by Gasteiger charge is 1.92. The summed E-state index contributed by atoms with van der Waals surface area (Å²) in [5.41, 5.74) is 1.49. The van der Waals surface area contributed by atoms with Gasteiger partial charge in [0.25, 0.3) is 0 Å². The first-order valence-corrected chi connectivity index (χ1v) is 4.52. The lowest BCUT2D eigenvalue weighted by atomic mass is 10.1. The highest BCUT2D eigenvalue weighted by Crippen LogP contribution is 2.05. The molecular formula is C12H12O2. The maximum atomic E-state index is 11.0. The van der Waals surface area contributed by atoms with Crippen molar-refractivity contribution in [2.75, 3.05) is 0 Å². The number of benzene rings is 1. The molecule has 0 spiro atoms. The zero-order valence-electron chi connectivity index (χ0n) is 8.07. The first-order valence-electron chi connectivity index (χ1n) is 4.52. The predicted molar refractivity (Wildman–Crippen MR) is 56.2 cm³/mol. The monoisotopic (exact) mass is 188 g/mol. The molecule has 0 heterocycles. The van der Waals surface area contributed by atoms with Crippen molar-refractivity contribution < 1.29 is 9.59 Å². The van der Waals surface area contributed by atoms with Crippen LogP contribution in [0.25, 0.3) is 6.08 Å². The fraction of sp³-hybridized carbons (Fsp3) is 0.167. The fourth-order valence-electron chi connectivity index (χ4n) is 1.04. The van der Waals surface area contributed by atoms with E-state index in [9.17, 15) is 9.59 Å². The molecule has 0 aliphatic heterocycles. The van der Waals surface area contributed by atoms with Crippen LogP contribution in [-0.4, -0.2) is 12.1 Å². The molecule has 2 heteroatoms. The third kappa shape index (κ3) is 2.98. The van der Waals surface area contributed by atoms with Crippen molar-refractivity contribution in [1.82, 2.24) is 0 Å². The molecule has 0 amide bonds. The van der Waals surface area contributed by atoms with Crippen LogP contribution in [0.15, 0.2) is 30.3 Å². The van der Waals surface area contributed by atoms with E-state index in [0.717, 1.165) is 11.8 Å². The number of allylic oxidation sites excluding steroid dienone is 1. The molecule has 0 N–H and O–H groups in total. The first-order chi connectivity index (χ1) is 6.76. The van der Waals surface area contributed by atoms with Crippen LogP contribution in [0.5, 0.6) is 0 Å². The fourth-order valence-corrected chi connectivity index (χ4v) is 1.04. The summed E-state index contributed by atoms with van der Waals surface area (Å²) < 4.78 is 0. The van der Waals surface area contributed by atoms with Gasteiger partial charge in [0.2, 0.25) is 0 Å². The van der Waals surface area contributed by atoms with Crippen LogP contribution in [0.4, 0.5) is 0 Å². The zero-order valence-corrected chi connectivity index (χ0v) is 8.07. The largest absolute Gasteiger partial charge is 0.298 e. The van der Waals surface area contributed by atoms with E-state index in [1.165, 1.54) is 6.08 Å². The number of carbonyl (C=O) groups is 2. The Kier molecular flexibility index (Phi) is 3.80. The number of ketones is 1. The van der Waals surface area contributed by atoms with Gasteiger partial charge in [0.15, 0.2) is 5.78 Å². The van der Waals surface area contributed by atoms with Crippen molar-refractivity contribution in [3.05, 3.63) is 41.5 Å². The lowest BCUT2D eigenvalue weighted by Gasteiger charge is -1.93. The van der Waals surface area contributed by atoms with E-state index >= 15 is 0 Å². The molecule has 0 saturated heterocycles. The number of rotatable bonds is 4. The third-order valence-corrected chi connectivity index (χ3v) is 1.86. The van der Waals surface area contributed by atoms with Crippen LogP contribution < -0.4 is 0 Å². The van der Waals surface area contributed by atoms with Gasteiger partial charge in [-0.3, -0.25) is 9.59 Å². The molecule has 0 fully saturated rings. The second-order valence-electron chi connectivity index (χ2n) is 2.94. The summed E-state index contributed by atoms with van der Waals surface area (Å²) in [5.74, 6) is 0.0847. The number of hydrogen-bond donors (Lipinski definition) is 0. The Morgan fingerprint density at radius 3 is 2.71 bits per heavy atom. The van der Waals surface area contributed by atoms with Gasteiger partial charge in [0.05, 0.1) is 0 Å². The highest BCUT2D eigenvalue weighted by molar-refractivity contribution is 5.93. The van der Waals surface area contributed by atoms with E-state index in [2.05, 4.69) is 0 Å². The summed E-state index contributed by atoms with van der Waals surface area (Å²) >= 11 is 0. The Balaban J connectivity index is 2.81. The van der Waals surface area contributed by atoms with E-state index < -0.39 is 0 Å². The molecule has 0 saturated carbocycles. The van der Waals surface area contributed by atoms with Crippen molar-refractivity contribution in [2.45, 2.75) is 13.3 Å². The minimum Gasteiger partial charge on any atom is -0.298 e. The minimum absolute atomic E-state index is 0.0847. The minimum atomic E-state index is 0.0847. The Morgan fingerprint density at radius 1 is 1.36 bits per heavy atom. The molecule has 0 aromatic heterocycles. The molecule has 0 aliphatic carbocycles. The van der Waals surface area contributed by atoms with Crippen molar-refractivity contribution in [3.8, 4) is 0 Å². The van der Waals surface area contributed by atoms with Crippen LogP contribution >= 0.6 is 0 Å². The summed E-state index contributed by atoms with van der Waals surface area (Å²) in [5, 5.41) is 0. The third-order valence-electron chi connectivity index (χ3n) is 1.86. The van der Waals surface area contributed by atoms with Crippen molar-refractivity contribution in [2.24, 2.45) is 0 Å². The summed E-state index contributed by atoms with van der Waals surface area (Å²) in [6.45, 7) is 1.81. The maximum Gasteiger partial charge on any atom is 0.155 e. The number of carbonyl (C=O) groups excluding carboxylic acids is 2. The van der Waals surface area contributed by atoms with Crippen molar-refractivity contribution in [1.29, 1.82) is 0 Å². The van der Waals surface area contributed by atoms with Crippen LogP contribution in [0, 0.1) is 0 Å². The molecule has 0 atom stereocenters. The summed E-state index contributed by atoms with van der Waals surface area (Å²) in [6, 6.07) is 7.12. The van der Waals surface area contributed by atoms with Gasteiger partial charge in [-0.2, -0.15) is 0 Å². The SMILES string of the molecule is CCC(=O)/C=C/c1cccc(C=O)c1. The van der Waals surface area contributed by atoms with Gasteiger partial charge < -0.3 is 0 Å². The average Bonchev–Trinajstić information content (AvgIpc) is 2.26. The predicted octanol–water partition coefficient (Wildman–Crippen LogP) is 2.49. The van der Waals surface area contributed by atoms with Crippen LogP contribution in [-0.2, 0) is 4.79 Å². The molecule has 0 bridgehead atoms. The average molecular weight is 188 g/mol. The second kappa shape index (κ2) is 5.12. The molecule has 1 aromatic rings. The lowest BCUT2D eigenvalue weighted by Crippen LogP contribution is -1.87. The van der Waals surface area contributed by atoms with E-state index in [1.807, 2.05) is 13.0 Å². The lowest BCUT2D eigenvalue weighted by molar-refractivity contribution is -0.114. The zero-order chi connectivity index (χ0) is 10.4. The van der Waals surface area contributed by atoms with E-state index in [-0.39, 0.29) is 5.78 Å². The van der Waals surface area contributed by atoms with Gasteiger partial charge in [0, 0.05) is 12.0 Å². The molecule has 2 nitrogen and oxygen atoms in total. The molecule has 0 aliphatic rings.